The summed E-state index contributed by atoms with van der Waals surface area (Å²) in [5.74, 6) is -0.0848. The lowest BCUT2D eigenvalue weighted by Gasteiger charge is -2.10. The first kappa shape index (κ1) is 19.3. The fourth-order valence-electron chi connectivity index (χ4n) is 2.01. The van der Waals surface area contributed by atoms with E-state index in [2.05, 4.69) is 25.6 Å². The second-order valence-corrected chi connectivity index (χ2v) is 6.93. The Kier molecular flexibility index (Phi) is 5.20. The number of hydrogen-bond donors (Lipinski definition) is 0. The molecule has 0 aliphatic carbocycles. The van der Waals surface area contributed by atoms with Gasteiger partial charge in [-0.1, -0.05) is 11.6 Å². The maximum atomic E-state index is 12.6. The molecule has 3 aromatic rings. The van der Waals surface area contributed by atoms with Gasteiger partial charge in [0.15, 0.2) is 5.82 Å². The maximum absolute atomic E-state index is 12.6. The van der Waals surface area contributed by atoms with E-state index in [1.807, 2.05) is 13.8 Å². The van der Waals surface area contributed by atoms with Crippen LogP contribution >= 0.6 is 23.4 Å². The van der Waals surface area contributed by atoms with E-state index >= 15 is 0 Å². The summed E-state index contributed by atoms with van der Waals surface area (Å²) in [5, 5.41) is 15.5. The molecule has 0 saturated carbocycles. The normalized spacial score (nSPS) is 12.0. The summed E-state index contributed by atoms with van der Waals surface area (Å²) in [5.41, 5.74) is -1.66. The summed E-state index contributed by atoms with van der Waals surface area (Å²) in [7, 11) is 0. The quantitative estimate of drug-likeness (QED) is 0.644. The van der Waals surface area contributed by atoms with Gasteiger partial charge in [0.05, 0.1) is 22.7 Å². The molecule has 0 unspecified atom stereocenters. The first-order valence-corrected chi connectivity index (χ1v) is 8.65. The summed E-state index contributed by atoms with van der Waals surface area (Å²) in [6.45, 7) is 3.77. The molecule has 0 spiro atoms. The molecule has 0 aliphatic heterocycles. The van der Waals surface area contributed by atoms with Crippen molar-refractivity contribution in [3.05, 3.63) is 45.5 Å². The molecule has 13 heteroatoms. The largest absolute Gasteiger partial charge is 0.417 e. The number of halogens is 4. The topological polar surface area (TPSA) is 91.4 Å². The molecular weight excluding hydrogens is 407 g/mol. The molecule has 8 nitrogen and oxygen atoms in total. The number of tetrazole rings is 1. The van der Waals surface area contributed by atoms with Crippen LogP contribution in [0, 0.1) is 0 Å². The van der Waals surface area contributed by atoms with Gasteiger partial charge in [-0.25, -0.2) is 9.67 Å². The first-order chi connectivity index (χ1) is 12.7. The van der Waals surface area contributed by atoms with Crippen molar-refractivity contribution >= 4 is 23.4 Å². The molecule has 142 valence electrons. The van der Waals surface area contributed by atoms with E-state index in [4.69, 9.17) is 11.6 Å². The van der Waals surface area contributed by atoms with Crippen molar-refractivity contribution in [1.82, 2.24) is 35.0 Å². The molecule has 27 heavy (non-hydrogen) atoms. The molecule has 0 atom stereocenters. The molecule has 0 saturated heterocycles. The predicted octanol–water partition coefficient (Wildman–Crippen LogP) is 3.02. The predicted molar refractivity (Wildman–Crippen MR) is 90.0 cm³/mol. The lowest BCUT2D eigenvalue weighted by molar-refractivity contribution is -0.137. The number of aromatic nitrogens is 7. The third-order valence-electron chi connectivity index (χ3n) is 3.33. The van der Waals surface area contributed by atoms with Crippen LogP contribution in [0.15, 0.2) is 39.4 Å². The van der Waals surface area contributed by atoms with Crippen LogP contribution in [0.25, 0.3) is 5.82 Å². The zero-order chi connectivity index (χ0) is 19.8. The van der Waals surface area contributed by atoms with Gasteiger partial charge in [0.25, 0.3) is 5.56 Å². The van der Waals surface area contributed by atoms with E-state index in [0.29, 0.717) is 16.2 Å². The van der Waals surface area contributed by atoms with Gasteiger partial charge in [0.2, 0.25) is 5.16 Å². The maximum Gasteiger partial charge on any atom is 0.417 e. The van der Waals surface area contributed by atoms with Gasteiger partial charge >= 0.3 is 6.18 Å². The second kappa shape index (κ2) is 7.27. The van der Waals surface area contributed by atoms with Crippen molar-refractivity contribution in [2.24, 2.45) is 0 Å². The minimum absolute atomic E-state index is 0.00838. The highest BCUT2D eigenvalue weighted by Crippen LogP contribution is 2.31. The highest BCUT2D eigenvalue weighted by Gasteiger charge is 2.30. The van der Waals surface area contributed by atoms with Crippen LogP contribution in [-0.4, -0.2) is 35.0 Å². The molecule has 0 N–H and O–H groups in total. The fourth-order valence-corrected chi connectivity index (χ4v) is 3.14. The van der Waals surface area contributed by atoms with Crippen LogP contribution in [0.2, 0.25) is 5.02 Å². The van der Waals surface area contributed by atoms with Crippen molar-refractivity contribution in [2.45, 2.75) is 36.1 Å². The van der Waals surface area contributed by atoms with Gasteiger partial charge in [-0.3, -0.25) is 4.79 Å². The zero-order valence-corrected chi connectivity index (χ0v) is 15.4. The Hall–Kier alpha value is -2.47. The van der Waals surface area contributed by atoms with Gasteiger partial charge in [0, 0.05) is 6.20 Å². The Morgan fingerprint density at radius 3 is 2.56 bits per heavy atom. The van der Waals surface area contributed by atoms with Crippen molar-refractivity contribution in [2.75, 3.05) is 0 Å². The van der Waals surface area contributed by atoms with Gasteiger partial charge < -0.3 is 0 Å². The van der Waals surface area contributed by atoms with Crippen LogP contribution in [0.4, 0.5) is 13.2 Å². The third-order valence-corrected chi connectivity index (χ3v) is 4.79. The summed E-state index contributed by atoms with van der Waals surface area (Å²) >= 11 is 7.17. The molecule has 0 bridgehead atoms. The molecule has 0 amide bonds. The highest BCUT2D eigenvalue weighted by molar-refractivity contribution is 7.99. The van der Waals surface area contributed by atoms with Crippen molar-refractivity contribution < 1.29 is 13.2 Å². The fraction of sp³-hybridized carbons (Fsp3) is 0.286. The second-order valence-electron chi connectivity index (χ2n) is 5.54. The van der Waals surface area contributed by atoms with Crippen LogP contribution in [0.5, 0.6) is 0 Å². The number of alkyl halides is 3. The minimum Gasteiger partial charge on any atom is -0.266 e. The van der Waals surface area contributed by atoms with Gasteiger partial charge in [-0.15, -0.1) is 5.10 Å². The molecular formula is C14H11ClF3N7OS. The van der Waals surface area contributed by atoms with E-state index in [-0.39, 0.29) is 16.9 Å². The zero-order valence-electron chi connectivity index (χ0n) is 13.8. The number of rotatable bonds is 4. The van der Waals surface area contributed by atoms with Crippen molar-refractivity contribution in [1.29, 1.82) is 0 Å². The van der Waals surface area contributed by atoms with Crippen LogP contribution in [0.1, 0.15) is 25.5 Å². The van der Waals surface area contributed by atoms with E-state index in [0.717, 1.165) is 28.6 Å². The average Bonchev–Trinajstić information content (AvgIpc) is 3.07. The Balaban J connectivity index is 1.94. The standard InChI is InChI=1S/C14H11ClF3N7OS/c1-7(2)24-13(21-22-23-24)27-9-6-20-25(12(26)11(9)15)10-4-3-8(5-19-10)14(16,17)18/h3-7H,1-2H3. The smallest absolute Gasteiger partial charge is 0.266 e. The molecule has 3 aromatic heterocycles. The van der Waals surface area contributed by atoms with Gasteiger partial charge in [-0.05, 0) is 48.2 Å². The van der Waals surface area contributed by atoms with Crippen molar-refractivity contribution in [3.63, 3.8) is 0 Å². The monoisotopic (exact) mass is 417 g/mol. The number of nitrogens with zero attached hydrogens (tertiary/aromatic N) is 7. The lowest BCUT2D eigenvalue weighted by atomic mass is 10.3. The Bertz CT molecular complexity index is 1020. The van der Waals surface area contributed by atoms with Gasteiger partial charge in [-0.2, -0.15) is 23.0 Å². The molecule has 0 aliphatic rings. The molecule has 0 fully saturated rings. The Morgan fingerprint density at radius 1 is 1.22 bits per heavy atom. The van der Waals surface area contributed by atoms with E-state index < -0.39 is 17.3 Å². The molecule has 3 rings (SSSR count). The van der Waals surface area contributed by atoms with E-state index in [1.165, 1.54) is 6.20 Å². The average molecular weight is 418 g/mol. The summed E-state index contributed by atoms with van der Waals surface area (Å²) < 4.78 is 40.2. The summed E-state index contributed by atoms with van der Waals surface area (Å²) in [6, 6.07) is 1.84. The van der Waals surface area contributed by atoms with Crippen LogP contribution in [0.3, 0.4) is 0 Å². The Labute approximate surface area is 159 Å². The van der Waals surface area contributed by atoms with Crippen molar-refractivity contribution in [3.8, 4) is 5.82 Å². The number of pyridine rings is 1. The SMILES string of the molecule is CC(C)n1nnnc1Sc1cnn(-c2ccc(C(F)(F)F)cn2)c(=O)c1Cl. The van der Waals surface area contributed by atoms with Crippen LogP contribution in [-0.2, 0) is 6.18 Å². The highest BCUT2D eigenvalue weighted by atomic mass is 35.5. The minimum atomic E-state index is -4.53. The summed E-state index contributed by atoms with van der Waals surface area (Å²) in [6.07, 6.45) is -2.60. The van der Waals surface area contributed by atoms with Gasteiger partial charge in [0.1, 0.15) is 5.02 Å². The van der Waals surface area contributed by atoms with Crippen LogP contribution < -0.4 is 5.56 Å². The Morgan fingerprint density at radius 2 is 1.96 bits per heavy atom. The molecule has 0 aromatic carbocycles. The van der Waals surface area contributed by atoms with E-state index in [9.17, 15) is 18.0 Å². The third kappa shape index (κ3) is 3.95. The number of hydrogen-bond acceptors (Lipinski definition) is 7. The molecule has 3 heterocycles. The molecule has 0 radical (unpaired) electrons. The van der Waals surface area contributed by atoms with E-state index in [1.54, 1.807) is 4.68 Å². The summed E-state index contributed by atoms with van der Waals surface area (Å²) in [4.78, 5) is 16.4. The first-order valence-electron chi connectivity index (χ1n) is 7.45. The lowest BCUT2D eigenvalue weighted by Crippen LogP contribution is -2.23.